The number of aromatic amines is 1. The topological polar surface area (TPSA) is 236 Å². The van der Waals surface area contributed by atoms with Crippen LogP contribution in [0.1, 0.15) is 141 Å². The first kappa shape index (κ1) is 64.4. The number of nitrogens with zero attached hydrogens (tertiary/aromatic N) is 7. The van der Waals surface area contributed by atoms with E-state index in [2.05, 4.69) is 77.0 Å². The Bertz CT molecular complexity index is 3870. The molecule has 12 rings (SSSR count). The van der Waals surface area contributed by atoms with Crippen LogP contribution in [0.4, 0.5) is 17.1 Å². The van der Waals surface area contributed by atoms with Gasteiger partial charge in [0.05, 0.1) is 21.6 Å². The Morgan fingerprint density at radius 3 is 2.38 bits per heavy atom. The molecular weight excluding hydrogens is 1210 g/mol. The largest absolute Gasteiger partial charge is 0.455 e. The second-order valence-corrected chi connectivity index (χ2v) is 28.8. The second kappa shape index (κ2) is 28.3. The van der Waals surface area contributed by atoms with Gasteiger partial charge in [0.15, 0.2) is 0 Å². The van der Waals surface area contributed by atoms with Gasteiger partial charge in [-0.15, -0.1) is 0 Å². The summed E-state index contributed by atoms with van der Waals surface area (Å²) in [7, 11) is -4.61. The Morgan fingerprint density at radius 2 is 1.61 bits per heavy atom. The summed E-state index contributed by atoms with van der Waals surface area (Å²) in [5.74, 6) is -0.999. The van der Waals surface area contributed by atoms with Crippen LogP contribution in [0.25, 0.3) is 16.6 Å². The SMILES string of the molecule is CC1(C)CCC(CN2CCN(c3ccc(C(=O)NS(=O)(=O)c4ccc(NCC5CCN(C6CCN(CCCCCCCc7cccc8c7CN(C7CCC(=O)NC7=O)C8=O)CC6)CC5)c([N+](=O)[O-])c4)c(Oc4cnc5[nH]ccc5c4)c3)CC2)=C(c2ccc(Cl)cc2)C1. The van der Waals surface area contributed by atoms with Crippen molar-refractivity contribution in [2.75, 3.05) is 82.2 Å². The van der Waals surface area contributed by atoms with Crippen molar-refractivity contribution >= 4 is 78.9 Å². The van der Waals surface area contributed by atoms with Crippen LogP contribution in [0.15, 0.2) is 114 Å². The Morgan fingerprint density at radius 1 is 0.837 bits per heavy atom. The number of piperazine rings is 1. The number of carbonyl (C=O) groups is 4. The summed E-state index contributed by atoms with van der Waals surface area (Å²) in [5.41, 5.74) is 8.40. The lowest BCUT2D eigenvalue weighted by molar-refractivity contribution is -0.384. The number of imide groups is 1. The maximum atomic E-state index is 14.2. The smallest absolute Gasteiger partial charge is 0.293 e. The summed E-state index contributed by atoms with van der Waals surface area (Å²) >= 11 is 6.28. The number of carbonyl (C=O) groups excluding carboxylic acids is 4. The third-order valence-electron chi connectivity index (χ3n) is 19.9. The monoisotopic (exact) mass is 1290 g/mol. The van der Waals surface area contributed by atoms with Crippen LogP contribution < -0.4 is 25.0 Å². The zero-order chi connectivity index (χ0) is 64.1. The van der Waals surface area contributed by atoms with E-state index in [0.717, 1.165) is 157 Å². The van der Waals surface area contributed by atoms with Gasteiger partial charge >= 0.3 is 0 Å². The number of pyridine rings is 1. The van der Waals surface area contributed by atoms with E-state index in [-0.39, 0.29) is 52.5 Å². The van der Waals surface area contributed by atoms with Crippen molar-refractivity contribution in [2.24, 2.45) is 11.3 Å². The summed E-state index contributed by atoms with van der Waals surface area (Å²) in [5, 5.41) is 19.7. The van der Waals surface area contributed by atoms with Crippen molar-refractivity contribution < 1.29 is 37.3 Å². The van der Waals surface area contributed by atoms with Gasteiger partial charge in [-0.05, 0) is 192 Å². The second-order valence-electron chi connectivity index (χ2n) is 26.7. The van der Waals surface area contributed by atoms with Crippen molar-refractivity contribution in [3.05, 3.63) is 152 Å². The summed E-state index contributed by atoms with van der Waals surface area (Å²) in [4.78, 5) is 82.3. The Balaban J connectivity index is 0.594. The number of nitrogens with one attached hydrogen (secondary N) is 4. The van der Waals surface area contributed by atoms with Gasteiger partial charge in [0.1, 0.15) is 28.9 Å². The molecule has 4 N–H and O–H groups in total. The number of anilines is 2. The Kier molecular flexibility index (Phi) is 19.8. The van der Waals surface area contributed by atoms with Crippen molar-refractivity contribution in [1.29, 1.82) is 0 Å². The number of nitro groups is 1. The number of rotatable bonds is 23. The molecule has 0 saturated carbocycles. The average molecular weight is 1290 g/mol. The van der Waals surface area contributed by atoms with Crippen LogP contribution >= 0.6 is 11.6 Å². The average Bonchev–Trinajstić information content (AvgIpc) is 1.60. The van der Waals surface area contributed by atoms with E-state index in [0.29, 0.717) is 55.6 Å². The van der Waals surface area contributed by atoms with Crippen LogP contribution in [-0.4, -0.2) is 151 Å². The number of likely N-dealkylation sites (tertiary alicyclic amines) is 2. The lowest BCUT2D eigenvalue weighted by Gasteiger charge is -2.42. The third-order valence-corrected chi connectivity index (χ3v) is 21.5. The number of piperidine rings is 3. The van der Waals surface area contributed by atoms with Gasteiger partial charge in [0, 0.05) is 98.3 Å². The number of allylic oxidation sites excluding steroid dienone is 1. The van der Waals surface area contributed by atoms with Crippen molar-refractivity contribution in [1.82, 2.24) is 39.6 Å². The maximum absolute atomic E-state index is 14.2. The molecule has 20 nitrogen and oxygen atoms in total. The fourth-order valence-corrected chi connectivity index (χ4v) is 15.7. The number of aryl methyl sites for hydroxylation is 1. The quantitative estimate of drug-likeness (QED) is 0.0202. The van der Waals surface area contributed by atoms with Gasteiger partial charge in [0.25, 0.3) is 27.5 Å². The summed E-state index contributed by atoms with van der Waals surface area (Å²) in [6.45, 7) is 14.7. The van der Waals surface area contributed by atoms with Gasteiger partial charge in [-0.3, -0.25) is 39.5 Å². The first-order valence-corrected chi connectivity index (χ1v) is 34.8. The predicted molar refractivity (Wildman–Crippen MR) is 357 cm³/mol. The molecule has 22 heteroatoms. The normalized spacial score (nSPS) is 19.8. The molecule has 4 saturated heterocycles. The van der Waals surface area contributed by atoms with E-state index in [1.54, 1.807) is 35.4 Å². The highest BCUT2D eigenvalue weighted by Crippen LogP contribution is 2.44. The number of ether oxygens (including phenoxy) is 1. The van der Waals surface area contributed by atoms with Gasteiger partial charge in [0.2, 0.25) is 11.8 Å². The molecule has 0 radical (unpaired) electrons. The first-order valence-electron chi connectivity index (χ1n) is 32.9. The Labute approximate surface area is 543 Å². The number of H-pyrrole nitrogens is 1. The molecule has 7 heterocycles. The van der Waals surface area contributed by atoms with Crippen LogP contribution in [0, 0.1) is 21.4 Å². The fourth-order valence-electron chi connectivity index (χ4n) is 14.5. The Hall–Kier alpha value is -7.69. The van der Waals surface area contributed by atoms with E-state index in [4.69, 9.17) is 16.3 Å². The zero-order valence-corrected chi connectivity index (χ0v) is 54.3. The molecule has 4 aromatic carbocycles. The van der Waals surface area contributed by atoms with Gasteiger partial charge in [-0.25, -0.2) is 18.1 Å². The zero-order valence-electron chi connectivity index (χ0n) is 52.7. The van der Waals surface area contributed by atoms with Crippen molar-refractivity contribution in [3.8, 4) is 11.5 Å². The van der Waals surface area contributed by atoms with Crippen LogP contribution in [-0.2, 0) is 32.6 Å². The van der Waals surface area contributed by atoms with E-state index in [1.165, 1.54) is 47.0 Å². The van der Waals surface area contributed by atoms with E-state index < -0.39 is 37.5 Å². The highest BCUT2D eigenvalue weighted by atomic mass is 35.5. The molecule has 1 atom stereocenters. The molecular formula is C70H84ClN11O9S. The molecule has 486 valence electrons. The molecule has 0 spiro atoms. The van der Waals surface area contributed by atoms with Crippen LogP contribution in [0.5, 0.6) is 11.5 Å². The molecule has 4 amide bonds. The number of sulfonamides is 1. The standard InChI is InChI=1S/C70H84ClN11O9S/c1-70(2)28-22-51(59(42-70)49-12-14-52(71)15-13-49)45-78-35-37-80(38-36-78)54-16-18-58(64(40-54)91-55-39-50-23-29-72-66(50)74-44-55)67(84)76-92(89,90)56-17-19-61(63(41-56)82(87)88)73-43-47-24-33-79(34-25-47)53-26-31-77(32-27-53)30-7-5-3-4-6-9-48-10-8-11-57-60(48)46-81(69(57)86)62-20-21-65(83)75-68(62)85/h8,10-19,23,29,39-41,44,47,53,62,73H,3-7,9,20-22,24-28,30-38,42-43,45-46H2,1-2H3,(H,72,74)(H,76,84)(H,75,83,85). The number of fused-ring (bicyclic) bond motifs is 2. The number of hydrogen-bond donors (Lipinski definition) is 4. The molecule has 0 bridgehead atoms. The number of halogens is 1. The highest BCUT2D eigenvalue weighted by Gasteiger charge is 2.40. The number of nitro benzene ring substituents is 1. The lowest BCUT2D eigenvalue weighted by Crippen LogP contribution is -2.52. The number of unbranched alkanes of at least 4 members (excludes halogenated alkanes) is 4. The minimum Gasteiger partial charge on any atom is -0.455 e. The molecule has 5 aliphatic heterocycles. The minimum atomic E-state index is -4.61. The summed E-state index contributed by atoms with van der Waals surface area (Å²) < 4.78 is 36.7. The first-order chi connectivity index (χ1) is 44.4. The van der Waals surface area contributed by atoms with Gasteiger partial charge < -0.3 is 34.6 Å². The minimum absolute atomic E-state index is 0.0402. The van der Waals surface area contributed by atoms with Crippen LogP contribution in [0.3, 0.4) is 0 Å². The molecule has 1 unspecified atom stereocenters. The fraction of sp³-hybridized carbons (Fsp3) is 0.471. The molecule has 92 heavy (non-hydrogen) atoms. The van der Waals surface area contributed by atoms with E-state index in [9.17, 15) is 37.7 Å². The van der Waals surface area contributed by atoms with Gasteiger partial charge in [-0.1, -0.05) is 74.5 Å². The van der Waals surface area contributed by atoms with Crippen molar-refractivity contribution in [3.63, 3.8) is 0 Å². The molecule has 1 aliphatic carbocycles. The summed E-state index contributed by atoms with van der Waals surface area (Å²) in [6.07, 6.45) is 17.8. The number of amides is 4. The number of benzene rings is 4. The molecule has 6 aliphatic rings. The third kappa shape index (κ3) is 15.2. The highest BCUT2D eigenvalue weighted by molar-refractivity contribution is 7.90. The maximum Gasteiger partial charge on any atom is 0.293 e. The number of aromatic nitrogens is 2. The van der Waals surface area contributed by atoms with E-state index >= 15 is 0 Å². The summed E-state index contributed by atoms with van der Waals surface area (Å²) in [6, 6.07) is 26.4. The molecule has 2 aromatic heterocycles. The number of hydrogen-bond acceptors (Lipinski definition) is 15. The van der Waals surface area contributed by atoms with Gasteiger partial charge in [-0.2, -0.15) is 0 Å². The lowest BCUT2D eigenvalue weighted by atomic mass is 9.72. The molecule has 4 fully saturated rings. The predicted octanol–water partition coefficient (Wildman–Crippen LogP) is 11.4. The van der Waals surface area contributed by atoms with Crippen LogP contribution in [0.2, 0.25) is 5.02 Å². The van der Waals surface area contributed by atoms with Crippen molar-refractivity contribution in [2.45, 2.75) is 134 Å². The van der Waals surface area contributed by atoms with E-state index in [1.807, 2.05) is 30.3 Å². The molecule has 6 aromatic rings.